The molecular weight excluding hydrogens is 458 g/mol. The number of anilines is 2. The van der Waals surface area contributed by atoms with Crippen LogP contribution in [0.1, 0.15) is 27.9 Å². The number of aryl methyl sites for hydroxylation is 1. The summed E-state index contributed by atoms with van der Waals surface area (Å²) in [6.07, 6.45) is 0.756. The molecule has 1 fully saturated rings. The standard InChI is InChI=1S/C27H29N5O4/c1-18-7-9-20(10-8-18)25(34)29-24-15-22(33)11-12-23(24)30-31-27(36)26(35)28-21-13-14-32(17-21)16-19-5-3-2-4-6-19/h2-12,15,21,30,33H,13-14,16-17H2,1H3,(H,28,35)(H,29,34)(H,31,36). The van der Waals surface area contributed by atoms with Crippen molar-refractivity contribution >= 4 is 29.1 Å². The monoisotopic (exact) mass is 487 g/mol. The Hall–Kier alpha value is -4.37. The number of carbonyl (C=O) groups excluding carboxylic acids is 3. The van der Waals surface area contributed by atoms with E-state index in [9.17, 15) is 19.5 Å². The summed E-state index contributed by atoms with van der Waals surface area (Å²) in [7, 11) is 0. The Labute approximate surface area is 209 Å². The maximum absolute atomic E-state index is 12.6. The van der Waals surface area contributed by atoms with Gasteiger partial charge in [0.15, 0.2) is 0 Å². The molecule has 0 radical (unpaired) electrons. The molecule has 3 aromatic rings. The molecular formula is C27H29N5O4. The lowest BCUT2D eigenvalue weighted by atomic mass is 10.1. The Balaban J connectivity index is 1.29. The van der Waals surface area contributed by atoms with Crippen molar-refractivity contribution in [2.75, 3.05) is 23.8 Å². The minimum atomic E-state index is -0.861. The lowest BCUT2D eigenvalue weighted by molar-refractivity contribution is -0.139. The van der Waals surface area contributed by atoms with E-state index in [1.807, 2.05) is 37.3 Å². The van der Waals surface area contributed by atoms with Crippen LogP contribution in [0.3, 0.4) is 0 Å². The normalized spacial score (nSPS) is 15.2. The van der Waals surface area contributed by atoms with E-state index in [2.05, 4.69) is 38.5 Å². The molecule has 186 valence electrons. The van der Waals surface area contributed by atoms with E-state index < -0.39 is 11.8 Å². The van der Waals surface area contributed by atoms with Crippen LogP contribution in [0, 0.1) is 6.92 Å². The first-order valence-corrected chi connectivity index (χ1v) is 11.7. The molecule has 1 aliphatic rings. The van der Waals surface area contributed by atoms with E-state index in [4.69, 9.17) is 0 Å². The number of hydrogen-bond donors (Lipinski definition) is 5. The van der Waals surface area contributed by atoms with E-state index in [-0.39, 0.29) is 23.4 Å². The van der Waals surface area contributed by atoms with Crippen molar-refractivity contribution in [3.63, 3.8) is 0 Å². The number of aromatic hydroxyl groups is 1. The summed E-state index contributed by atoms with van der Waals surface area (Å²) in [4.78, 5) is 39.6. The molecule has 1 aliphatic heterocycles. The summed E-state index contributed by atoms with van der Waals surface area (Å²) in [5.74, 6) is -2.06. The van der Waals surface area contributed by atoms with Crippen LogP contribution in [-0.4, -0.2) is 46.9 Å². The molecule has 1 heterocycles. The van der Waals surface area contributed by atoms with Crippen molar-refractivity contribution < 1.29 is 19.5 Å². The van der Waals surface area contributed by atoms with E-state index >= 15 is 0 Å². The molecule has 3 aromatic carbocycles. The molecule has 1 unspecified atom stereocenters. The van der Waals surface area contributed by atoms with Crippen molar-refractivity contribution in [1.82, 2.24) is 15.6 Å². The predicted molar refractivity (Wildman–Crippen MR) is 137 cm³/mol. The number of hydrogen-bond acceptors (Lipinski definition) is 6. The highest BCUT2D eigenvalue weighted by Gasteiger charge is 2.26. The highest BCUT2D eigenvalue weighted by atomic mass is 16.3. The Morgan fingerprint density at radius 1 is 0.944 bits per heavy atom. The molecule has 0 aliphatic carbocycles. The number of phenolic OH excluding ortho intramolecular Hbond substituents is 1. The van der Waals surface area contributed by atoms with E-state index in [1.165, 1.54) is 23.8 Å². The number of benzene rings is 3. The quantitative estimate of drug-likeness (QED) is 0.198. The van der Waals surface area contributed by atoms with Gasteiger partial charge >= 0.3 is 11.8 Å². The molecule has 1 atom stereocenters. The van der Waals surface area contributed by atoms with Gasteiger partial charge in [-0.25, -0.2) is 0 Å². The molecule has 0 aromatic heterocycles. The zero-order valence-corrected chi connectivity index (χ0v) is 20.0. The Bertz CT molecular complexity index is 1230. The van der Waals surface area contributed by atoms with Crippen LogP contribution < -0.4 is 21.5 Å². The van der Waals surface area contributed by atoms with Crippen LogP contribution >= 0.6 is 0 Å². The van der Waals surface area contributed by atoms with Crippen molar-refractivity contribution in [2.24, 2.45) is 0 Å². The van der Waals surface area contributed by atoms with Gasteiger partial charge in [-0.1, -0.05) is 48.0 Å². The second-order valence-corrected chi connectivity index (χ2v) is 8.81. The molecule has 0 spiro atoms. The summed E-state index contributed by atoms with van der Waals surface area (Å²) in [5, 5.41) is 15.3. The number of likely N-dealkylation sites (tertiary alicyclic amines) is 1. The molecule has 5 N–H and O–H groups in total. The first kappa shape index (κ1) is 24.7. The maximum atomic E-state index is 12.6. The van der Waals surface area contributed by atoms with Crippen molar-refractivity contribution in [3.8, 4) is 5.75 Å². The smallest absolute Gasteiger partial charge is 0.327 e. The lowest BCUT2D eigenvalue weighted by Gasteiger charge is -2.17. The average molecular weight is 488 g/mol. The third-order valence-electron chi connectivity index (χ3n) is 5.94. The van der Waals surface area contributed by atoms with Crippen LogP contribution in [0.2, 0.25) is 0 Å². The Morgan fingerprint density at radius 3 is 2.44 bits per heavy atom. The van der Waals surface area contributed by atoms with E-state index in [1.54, 1.807) is 12.1 Å². The molecule has 3 amide bonds. The first-order valence-electron chi connectivity index (χ1n) is 11.7. The van der Waals surface area contributed by atoms with E-state index in [0.717, 1.165) is 25.1 Å². The topological polar surface area (TPSA) is 123 Å². The van der Waals surface area contributed by atoms with Gasteiger partial charge in [0, 0.05) is 37.3 Å². The van der Waals surface area contributed by atoms with Crippen LogP contribution in [0.15, 0.2) is 72.8 Å². The van der Waals surface area contributed by atoms with Gasteiger partial charge in [-0.2, -0.15) is 0 Å². The summed E-state index contributed by atoms with van der Waals surface area (Å²) < 4.78 is 0. The second kappa shape index (κ2) is 11.4. The number of hydrazine groups is 1. The third-order valence-corrected chi connectivity index (χ3v) is 5.94. The van der Waals surface area contributed by atoms with Crippen LogP contribution in [0.5, 0.6) is 5.75 Å². The van der Waals surface area contributed by atoms with Gasteiger partial charge in [0.2, 0.25) is 0 Å². The SMILES string of the molecule is Cc1ccc(C(=O)Nc2cc(O)ccc2NNC(=O)C(=O)NC2CCN(Cc3ccccc3)C2)cc1. The number of carbonyl (C=O) groups is 3. The number of nitrogens with one attached hydrogen (secondary N) is 4. The van der Waals surface area contributed by atoms with E-state index in [0.29, 0.717) is 17.8 Å². The number of phenols is 1. The fourth-order valence-electron chi connectivity index (χ4n) is 4.01. The zero-order valence-electron chi connectivity index (χ0n) is 20.0. The zero-order chi connectivity index (χ0) is 25.5. The molecule has 1 saturated heterocycles. The van der Waals surface area contributed by atoms with Crippen LogP contribution in [0.4, 0.5) is 11.4 Å². The summed E-state index contributed by atoms with van der Waals surface area (Å²) in [5.41, 5.74) is 8.23. The highest BCUT2D eigenvalue weighted by molar-refractivity contribution is 6.35. The summed E-state index contributed by atoms with van der Waals surface area (Å²) in [6, 6.07) is 21.2. The fourth-order valence-corrected chi connectivity index (χ4v) is 4.01. The molecule has 9 nitrogen and oxygen atoms in total. The molecule has 0 saturated carbocycles. The van der Waals surface area contributed by atoms with Crippen LogP contribution in [0.25, 0.3) is 0 Å². The number of rotatable bonds is 7. The van der Waals surface area contributed by atoms with Gasteiger partial charge in [-0.15, -0.1) is 0 Å². The highest BCUT2D eigenvalue weighted by Crippen LogP contribution is 2.26. The Kier molecular flexibility index (Phi) is 7.82. The van der Waals surface area contributed by atoms with Crippen LogP contribution in [-0.2, 0) is 16.1 Å². The van der Waals surface area contributed by atoms with Crippen molar-refractivity contribution in [2.45, 2.75) is 25.9 Å². The molecule has 9 heteroatoms. The predicted octanol–water partition coefficient (Wildman–Crippen LogP) is 2.79. The average Bonchev–Trinajstić information content (AvgIpc) is 3.30. The fraction of sp³-hybridized carbons (Fsp3) is 0.222. The van der Waals surface area contributed by atoms with Gasteiger partial charge in [0.05, 0.1) is 11.4 Å². The minimum absolute atomic E-state index is 0.0647. The van der Waals surface area contributed by atoms with Gasteiger partial charge < -0.3 is 15.7 Å². The van der Waals surface area contributed by atoms with Gasteiger partial charge in [-0.05, 0) is 43.2 Å². The maximum Gasteiger partial charge on any atom is 0.327 e. The Morgan fingerprint density at radius 2 is 1.69 bits per heavy atom. The molecule has 36 heavy (non-hydrogen) atoms. The molecule has 4 rings (SSSR count). The number of amides is 3. The lowest BCUT2D eigenvalue weighted by Crippen LogP contribution is -2.47. The van der Waals surface area contributed by atoms with Gasteiger partial charge in [0.1, 0.15) is 5.75 Å². The largest absolute Gasteiger partial charge is 0.508 e. The van der Waals surface area contributed by atoms with Crippen molar-refractivity contribution in [1.29, 1.82) is 0 Å². The second-order valence-electron chi connectivity index (χ2n) is 8.81. The summed E-state index contributed by atoms with van der Waals surface area (Å²) in [6.45, 7) is 4.20. The van der Waals surface area contributed by atoms with Gasteiger partial charge in [-0.3, -0.25) is 30.1 Å². The molecule has 0 bridgehead atoms. The number of nitrogens with zero attached hydrogens (tertiary/aromatic N) is 1. The minimum Gasteiger partial charge on any atom is -0.508 e. The first-order chi connectivity index (χ1) is 17.4. The van der Waals surface area contributed by atoms with Gasteiger partial charge in [0.25, 0.3) is 5.91 Å². The third kappa shape index (κ3) is 6.61. The summed E-state index contributed by atoms with van der Waals surface area (Å²) >= 11 is 0. The van der Waals surface area contributed by atoms with Crippen molar-refractivity contribution in [3.05, 3.63) is 89.5 Å².